The number of aryl methyl sites for hydroxylation is 2. The van der Waals surface area contributed by atoms with Crippen molar-refractivity contribution >= 4 is 45.0 Å². The Bertz CT molecular complexity index is 598. The van der Waals surface area contributed by atoms with Crippen LogP contribution in [-0.2, 0) is 23.8 Å². The predicted octanol–water partition coefficient (Wildman–Crippen LogP) is 3.24. The van der Waals surface area contributed by atoms with Gasteiger partial charge in [-0.2, -0.15) is 0 Å². The zero-order chi connectivity index (χ0) is 13.8. The molecule has 0 bridgehead atoms. The lowest BCUT2D eigenvalue weighted by atomic mass is 10.3. The second-order valence-electron chi connectivity index (χ2n) is 4.16. The third kappa shape index (κ3) is 3.30. The molecule has 0 aliphatic heterocycles. The molecule has 1 aromatic heterocycles. The van der Waals surface area contributed by atoms with Gasteiger partial charge >= 0.3 is 0 Å². The Labute approximate surface area is 125 Å². The molecule has 6 heteroatoms. The van der Waals surface area contributed by atoms with E-state index < -0.39 is 10.8 Å². The van der Waals surface area contributed by atoms with Gasteiger partial charge in [0.25, 0.3) is 0 Å². The summed E-state index contributed by atoms with van der Waals surface area (Å²) in [5, 5.41) is 0.674. The first-order valence-corrected chi connectivity index (χ1v) is 8.62. The van der Waals surface area contributed by atoms with E-state index in [0.717, 1.165) is 16.9 Å². The lowest BCUT2D eigenvalue weighted by Gasteiger charge is -2.08. The molecule has 0 N–H and O–H groups in total. The fourth-order valence-corrected chi connectivity index (χ4v) is 3.16. The van der Waals surface area contributed by atoms with Gasteiger partial charge in [0.2, 0.25) is 0 Å². The summed E-state index contributed by atoms with van der Waals surface area (Å²) in [5.41, 5.74) is 1.78. The molecule has 1 atom stereocenters. The Morgan fingerprint density at radius 3 is 2.89 bits per heavy atom. The highest BCUT2D eigenvalue weighted by molar-refractivity contribution is 7.84. The standard InChI is InChI=1S/C13H16Cl2N2OS/c1-2-19(18)9-8-17-12(6-7-14)16-11-5-3-4-10(15)13(11)17/h3-5H,2,6-9H2,1H3. The van der Waals surface area contributed by atoms with Crippen molar-refractivity contribution in [3.8, 4) is 0 Å². The lowest BCUT2D eigenvalue weighted by molar-refractivity contribution is 0.671. The first-order valence-electron chi connectivity index (χ1n) is 6.22. The van der Waals surface area contributed by atoms with Crippen LogP contribution in [0, 0.1) is 0 Å². The lowest BCUT2D eigenvalue weighted by Crippen LogP contribution is -2.12. The average molecular weight is 319 g/mol. The van der Waals surface area contributed by atoms with Crippen LogP contribution in [0.3, 0.4) is 0 Å². The van der Waals surface area contributed by atoms with Crippen LogP contribution in [0.2, 0.25) is 5.02 Å². The molecule has 1 heterocycles. The zero-order valence-electron chi connectivity index (χ0n) is 10.7. The maximum Gasteiger partial charge on any atom is 0.111 e. The van der Waals surface area contributed by atoms with E-state index in [4.69, 9.17) is 23.2 Å². The number of hydrogen-bond acceptors (Lipinski definition) is 2. The number of imidazole rings is 1. The number of para-hydroxylation sites is 1. The molecule has 0 radical (unpaired) electrons. The fraction of sp³-hybridized carbons (Fsp3) is 0.462. The van der Waals surface area contributed by atoms with Gasteiger partial charge < -0.3 is 4.57 Å². The monoisotopic (exact) mass is 318 g/mol. The Morgan fingerprint density at radius 2 is 2.21 bits per heavy atom. The van der Waals surface area contributed by atoms with E-state index in [-0.39, 0.29) is 0 Å². The highest BCUT2D eigenvalue weighted by Gasteiger charge is 2.13. The van der Waals surface area contributed by atoms with Crippen molar-refractivity contribution in [3.63, 3.8) is 0 Å². The topological polar surface area (TPSA) is 34.9 Å². The summed E-state index contributed by atoms with van der Waals surface area (Å²) in [7, 11) is -0.798. The van der Waals surface area contributed by atoms with E-state index in [1.54, 1.807) is 0 Å². The van der Waals surface area contributed by atoms with Gasteiger partial charge in [0.15, 0.2) is 0 Å². The number of aromatic nitrogens is 2. The fourth-order valence-electron chi connectivity index (χ4n) is 2.04. The van der Waals surface area contributed by atoms with Crippen LogP contribution < -0.4 is 0 Å². The number of benzene rings is 1. The van der Waals surface area contributed by atoms with Crippen molar-refractivity contribution in [2.24, 2.45) is 0 Å². The molecule has 0 aliphatic rings. The van der Waals surface area contributed by atoms with Gasteiger partial charge in [0.05, 0.1) is 16.1 Å². The highest BCUT2D eigenvalue weighted by atomic mass is 35.5. The first-order chi connectivity index (χ1) is 9.17. The summed E-state index contributed by atoms with van der Waals surface area (Å²) in [4.78, 5) is 4.56. The van der Waals surface area contributed by atoms with E-state index in [1.807, 2.05) is 29.7 Å². The van der Waals surface area contributed by atoms with Gasteiger partial charge in [-0.05, 0) is 12.1 Å². The Hall–Kier alpha value is -0.580. The van der Waals surface area contributed by atoms with Crippen molar-refractivity contribution in [1.82, 2.24) is 9.55 Å². The Kier molecular flexibility index (Phi) is 5.25. The molecule has 19 heavy (non-hydrogen) atoms. The molecule has 2 aromatic rings. The average Bonchev–Trinajstić information content (AvgIpc) is 2.75. The number of halogens is 2. The van der Waals surface area contributed by atoms with Crippen LogP contribution in [0.25, 0.3) is 11.0 Å². The molecule has 1 unspecified atom stereocenters. The molecule has 1 aromatic carbocycles. The van der Waals surface area contributed by atoms with E-state index in [9.17, 15) is 4.21 Å². The molecular weight excluding hydrogens is 303 g/mol. The van der Waals surface area contributed by atoms with Crippen molar-refractivity contribution in [2.45, 2.75) is 19.9 Å². The molecule has 104 valence electrons. The van der Waals surface area contributed by atoms with Crippen LogP contribution in [-0.4, -0.2) is 31.1 Å². The zero-order valence-corrected chi connectivity index (χ0v) is 13.1. The first kappa shape index (κ1) is 14.8. The maximum atomic E-state index is 11.6. The molecule has 0 fully saturated rings. The number of alkyl halides is 1. The molecule has 0 saturated carbocycles. The normalized spacial score (nSPS) is 13.0. The van der Waals surface area contributed by atoms with E-state index in [2.05, 4.69) is 4.98 Å². The molecule has 0 aliphatic carbocycles. The predicted molar refractivity (Wildman–Crippen MR) is 82.7 cm³/mol. The van der Waals surface area contributed by atoms with Crippen LogP contribution in [0.15, 0.2) is 18.2 Å². The molecule has 3 nitrogen and oxygen atoms in total. The van der Waals surface area contributed by atoms with Crippen LogP contribution in [0.4, 0.5) is 0 Å². The molecule has 0 spiro atoms. The summed E-state index contributed by atoms with van der Waals surface area (Å²) in [6.07, 6.45) is 0.686. The number of hydrogen-bond donors (Lipinski definition) is 0. The maximum absolute atomic E-state index is 11.6. The van der Waals surface area contributed by atoms with Gasteiger partial charge in [-0.15, -0.1) is 11.6 Å². The van der Waals surface area contributed by atoms with Gasteiger partial charge in [0.1, 0.15) is 5.82 Å². The number of fused-ring (bicyclic) bond motifs is 1. The van der Waals surface area contributed by atoms with Crippen LogP contribution >= 0.6 is 23.2 Å². The Morgan fingerprint density at radius 1 is 1.42 bits per heavy atom. The molecule has 0 saturated heterocycles. The van der Waals surface area contributed by atoms with Gasteiger partial charge in [-0.1, -0.05) is 24.6 Å². The van der Waals surface area contributed by atoms with Crippen LogP contribution in [0.1, 0.15) is 12.7 Å². The number of rotatable bonds is 6. The SMILES string of the molecule is CCS(=O)CCn1c(CCCl)nc2cccc(Cl)c21. The minimum absolute atomic E-state index is 0.512. The highest BCUT2D eigenvalue weighted by Crippen LogP contribution is 2.25. The Balaban J connectivity index is 2.42. The minimum Gasteiger partial charge on any atom is -0.326 e. The second-order valence-corrected chi connectivity index (χ2v) is 6.81. The number of nitrogens with zero attached hydrogens (tertiary/aromatic N) is 2. The van der Waals surface area contributed by atoms with Gasteiger partial charge in [0, 0.05) is 41.2 Å². The summed E-state index contributed by atoms with van der Waals surface area (Å²) in [6.45, 7) is 2.59. The van der Waals surface area contributed by atoms with Crippen molar-refractivity contribution in [3.05, 3.63) is 29.0 Å². The van der Waals surface area contributed by atoms with Crippen molar-refractivity contribution in [2.75, 3.05) is 17.4 Å². The van der Waals surface area contributed by atoms with E-state index in [0.29, 0.717) is 35.4 Å². The summed E-state index contributed by atoms with van der Waals surface area (Å²) < 4.78 is 13.7. The van der Waals surface area contributed by atoms with Crippen molar-refractivity contribution in [1.29, 1.82) is 0 Å². The summed E-state index contributed by atoms with van der Waals surface area (Å²) >= 11 is 12.1. The van der Waals surface area contributed by atoms with Gasteiger partial charge in [-0.3, -0.25) is 4.21 Å². The quantitative estimate of drug-likeness (QED) is 0.766. The summed E-state index contributed by atoms with van der Waals surface area (Å²) in [6, 6.07) is 5.67. The molecular formula is C13H16Cl2N2OS. The van der Waals surface area contributed by atoms with E-state index in [1.165, 1.54) is 0 Å². The second kappa shape index (κ2) is 6.73. The van der Waals surface area contributed by atoms with Gasteiger partial charge in [-0.25, -0.2) is 4.98 Å². The summed E-state index contributed by atoms with van der Waals surface area (Å²) in [5.74, 6) is 2.71. The van der Waals surface area contributed by atoms with E-state index >= 15 is 0 Å². The third-order valence-corrected chi connectivity index (χ3v) is 4.75. The minimum atomic E-state index is -0.798. The third-order valence-electron chi connectivity index (χ3n) is 2.98. The molecule has 0 amide bonds. The molecule has 2 rings (SSSR count). The van der Waals surface area contributed by atoms with Crippen LogP contribution in [0.5, 0.6) is 0 Å². The largest absolute Gasteiger partial charge is 0.326 e. The smallest absolute Gasteiger partial charge is 0.111 e. The van der Waals surface area contributed by atoms with Crippen molar-refractivity contribution < 1.29 is 4.21 Å².